The number of carbonyl (C=O) groups excluding carboxylic acids is 1. The minimum Gasteiger partial charge on any atom is -0.377 e. The lowest BCUT2D eigenvalue weighted by atomic mass is 10.1. The summed E-state index contributed by atoms with van der Waals surface area (Å²) in [7, 11) is 0. The molecule has 0 bridgehead atoms. The van der Waals surface area contributed by atoms with Gasteiger partial charge in [-0.15, -0.1) is 0 Å². The molecular formula is C16H20N2O2. The third kappa shape index (κ3) is 2.56. The van der Waals surface area contributed by atoms with Gasteiger partial charge in [0.15, 0.2) is 0 Å². The fourth-order valence-electron chi connectivity index (χ4n) is 2.85. The van der Waals surface area contributed by atoms with Gasteiger partial charge in [-0.1, -0.05) is 18.2 Å². The molecule has 1 aliphatic heterocycles. The summed E-state index contributed by atoms with van der Waals surface area (Å²) < 4.78 is 5.65. The Morgan fingerprint density at radius 2 is 2.30 bits per heavy atom. The van der Waals surface area contributed by atoms with E-state index < -0.39 is 0 Å². The van der Waals surface area contributed by atoms with Crippen LogP contribution in [0.25, 0.3) is 10.9 Å². The zero-order valence-electron chi connectivity index (χ0n) is 11.8. The Labute approximate surface area is 118 Å². The zero-order valence-corrected chi connectivity index (χ0v) is 11.8. The molecule has 1 fully saturated rings. The molecule has 1 unspecified atom stereocenters. The summed E-state index contributed by atoms with van der Waals surface area (Å²) in [6.07, 6.45) is 2.24. The van der Waals surface area contributed by atoms with Crippen molar-refractivity contribution >= 4 is 16.8 Å². The highest BCUT2D eigenvalue weighted by Crippen LogP contribution is 2.19. The van der Waals surface area contributed by atoms with Crippen molar-refractivity contribution in [3.8, 4) is 0 Å². The molecule has 20 heavy (non-hydrogen) atoms. The number of H-pyrrole nitrogens is 1. The number of amides is 1. The highest BCUT2D eigenvalue weighted by molar-refractivity contribution is 5.98. The van der Waals surface area contributed by atoms with E-state index in [1.807, 2.05) is 42.2 Å². The third-order valence-electron chi connectivity index (χ3n) is 3.83. The minimum atomic E-state index is 0.0746. The van der Waals surface area contributed by atoms with Gasteiger partial charge in [-0.25, -0.2) is 0 Å². The summed E-state index contributed by atoms with van der Waals surface area (Å²) in [4.78, 5) is 17.7. The molecule has 1 aromatic carbocycles. The number of ether oxygens (including phenoxy) is 1. The number of nitrogens with zero attached hydrogens (tertiary/aromatic N) is 1. The van der Waals surface area contributed by atoms with Gasteiger partial charge >= 0.3 is 0 Å². The number of benzene rings is 1. The van der Waals surface area contributed by atoms with Gasteiger partial charge in [0.1, 0.15) is 5.69 Å². The first kappa shape index (κ1) is 13.2. The van der Waals surface area contributed by atoms with Crippen LogP contribution in [-0.4, -0.2) is 41.6 Å². The topological polar surface area (TPSA) is 45.3 Å². The Bertz CT molecular complexity index is 570. The first-order chi connectivity index (χ1) is 9.78. The van der Waals surface area contributed by atoms with Crippen LogP contribution in [0.1, 0.15) is 30.3 Å². The van der Waals surface area contributed by atoms with Crippen LogP contribution in [0, 0.1) is 0 Å². The predicted octanol–water partition coefficient (Wildman–Crippen LogP) is 2.81. The molecule has 1 aliphatic rings. The second-order valence-corrected chi connectivity index (χ2v) is 5.24. The van der Waals surface area contributed by atoms with Crippen molar-refractivity contribution in [1.82, 2.24) is 9.88 Å². The number of aromatic nitrogens is 1. The van der Waals surface area contributed by atoms with Gasteiger partial charge in [0.2, 0.25) is 0 Å². The molecule has 1 aromatic heterocycles. The number of carbonyl (C=O) groups is 1. The summed E-state index contributed by atoms with van der Waals surface area (Å²) in [5.74, 6) is 0.0746. The lowest BCUT2D eigenvalue weighted by Crippen LogP contribution is -2.43. The molecule has 1 amide bonds. The van der Waals surface area contributed by atoms with E-state index >= 15 is 0 Å². The van der Waals surface area contributed by atoms with Crippen LogP contribution >= 0.6 is 0 Å². The van der Waals surface area contributed by atoms with Crippen molar-refractivity contribution in [2.24, 2.45) is 0 Å². The highest BCUT2D eigenvalue weighted by atomic mass is 16.5. The van der Waals surface area contributed by atoms with E-state index in [1.54, 1.807) is 0 Å². The number of para-hydroxylation sites is 1. The van der Waals surface area contributed by atoms with E-state index in [2.05, 4.69) is 4.98 Å². The largest absolute Gasteiger partial charge is 0.377 e. The molecule has 0 spiro atoms. The molecule has 1 saturated heterocycles. The number of likely N-dealkylation sites (tertiary alicyclic amines) is 1. The van der Waals surface area contributed by atoms with E-state index in [4.69, 9.17) is 4.74 Å². The van der Waals surface area contributed by atoms with Crippen molar-refractivity contribution < 1.29 is 9.53 Å². The normalized spacial score (nSPS) is 19.4. The monoisotopic (exact) mass is 272 g/mol. The molecule has 2 aromatic rings. The molecule has 3 rings (SSSR count). The first-order valence-corrected chi connectivity index (χ1v) is 7.26. The minimum absolute atomic E-state index is 0.0746. The van der Waals surface area contributed by atoms with E-state index in [9.17, 15) is 4.79 Å². The number of rotatable bonds is 3. The summed E-state index contributed by atoms with van der Waals surface area (Å²) in [5, 5.41) is 1.08. The summed E-state index contributed by atoms with van der Waals surface area (Å²) >= 11 is 0. The lowest BCUT2D eigenvalue weighted by Gasteiger charge is -2.32. The maximum Gasteiger partial charge on any atom is 0.270 e. The molecule has 0 saturated carbocycles. The number of fused-ring (bicyclic) bond motifs is 1. The van der Waals surface area contributed by atoms with Gasteiger partial charge in [-0.2, -0.15) is 0 Å². The molecule has 4 heteroatoms. The quantitative estimate of drug-likeness (QED) is 0.933. The number of hydrogen-bond donors (Lipinski definition) is 1. The van der Waals surface area contributed by atoms with Crippen LogP contribution < -0.4 is 0 Å². The molecule has 4 nitrogen and oxygen atoms in total. The van der Waals surface area contributed by atoms with Crippen LogP contribution in [0.3, 0.4) is 0 Å². The highest BCUT2D eigenvalue weighted by Gasteiger charge is 2.25. The van der Waals surface area contributed by atoms with Gasteiger partial charge in [0, 0.05) is 30.6 Å². The molecule has 106 valence electrons. The molecule has 1 N–H and O–H groups in total. The first-order valence-electron chi connectivity index (χ1n) is 7.26. The Morgan fingerprint density at radius 3 is 3.10 bits per heavy atom. The van der Waals surface area contributed by atoms with Crippen molar-refractivity contribution in [2.45, 2.75) is 25.9 Å². The summed E-state index contributed by atoms with van der Waals surface area (Å²) in [5.41, 5.74) is 1.68. The molecule has 2 heterocycles. The summed E-state index contributed by atoms with van der Waals surface area (Å²) in [6.45, 7) is 4.22. The van der Waals surface area contributed by atoms with Crippen molar-refractivity contribution in [3.05, 3.63) is 36.0 Å². The summed E-state index contributed by atoms with van der Waals surface area (Å²) in [6, 6.07) is 9.89. The van der Waals surface area contributed by atoms with E-state index in [1.165, 1.54) is 0 Å². The number of hydrogen-bond acceptors (Lipinski definition) is 2. The van der Waals surface area contributed by atoms with E-state index in [0.29, 0.717) is 18.8 Å². The smallest absolute Gasteiger partial charge is 0.270 e. The van der Waals surface area contributed by atoms with Crippen LogP contribution in [0.5, 0.6) is 0 Å². The van der Waals surface area contributed by atoms with Crippen LogP contribution in [0.15, 0.2) is 30.3 Å². The average molecular weight is 272 g/mol. The zero-order chi connectivity index (χ0) is 13.9. The fourth-order valence-corrected chi connectivity index (χ4v) is 2.85. The van der Waals surface area contributed by atoms with Crippen LogP contribution in [-0.2, 0) is 4.74 Å². The van der Waals surface area contributed by atoms with Gasteiger partial charge in [-0.3, -0.25) is 4.79 Å². The average Bonchev–Trinajstić information content (AvgIpc) is 2.91. The van der Waals surface area contributed by atoms with Gasteiger partial charge < -0.3 is 14.6 Å². The SMILES string of the molecule is CCOC1CCCN(C(=O)c2cc3ccccc3[nH]2)C1. The molecule has 0 aliphatic carbocycles. The number of nitrogens with one attached hydrogen (secondary N) is 1. The number of aromatic amines is 1. The van der Waals surface area contributed by atoms with Crippen molar-refractivity contribution in [2.75, 3.05) is 19.7 Å². The molecule has 1 atom stereocenters. The predicted molar refractivity (Wildman–Crippen MR) is 78.9 cm³/mol. The molecular weight excluding hydrogens is 252 g/mol. The van der Waals surface area contributed by atoms with Gasteiger partial charge in [0.25, 0.3) is 5.91 Å². The maximum absolute atomic E-state index is 12.6. The van der Waals surface area contributed by atoms with Crippen LogP contribution in [0.4, 0.5) is 0 Å². The van der Waals surface area contributed by atoms with Gasteiger partial charge in [0.05, 0.1) is 6.10 Å². The van der Waals surface area contributed by atoms with Gasteiger partial charge in [-0.05, 0) is 31.9 Å². The van der Waals surface area contributed by atoms with Crippen LogP contribution in [0.2, 0.25) is 0 Å². The standard InChI is InChI=1S/C16H20N2O2/c1-2-20-13-7-5-9-18(11-13)16(19)15-10-12-6-3-4-8-14(12)17-15/h3-4,6,8,10,13,17H,2,5,7,9,11H2,1H3. The number of piperidine rings is 1. The third-order valence-corrected chi connectivity index (χ3v) is 3.83. The second kappa shape index (κ2) is 5.67. The Morgan fingerprint density at radius 1 is 1.45 bits per heavy atom. The Kier molecular flexibility index (Phi) is 3.74. The Hall–Kier alpha value is -1.81. The fraction of sp³-hybridized carbons (Fsp3) is 0.438. The molecule has 0 radical (unpaired) electrons. The van der Waals surface area contributed by atoms with E-state index in [0.717, 1.165) is 30.3 Å². The Balaban J connectivity index is 1.77. The van der Waals surface area contributed by atoms with E-state index in [-0.39, 0.29) is 12.0 Å². The second-order valence-electron chi connectivity index (χ2n) is 5.24. The van der Waals surface area contributed by atoms with Crippen molar-refractivity contribution in [3.63, 3.8) is 0 Å². The lowest BCUT2D eigenvalue weighted by molar-refractivity contribution is 0.00707. The maximum atomic E-state index is 12.6. The van der Waals surface area contributed by atoms with Crippen molar-refractivity contribution in [1.29, 1.82) is 0 Å².